The number of hydrogen-bond acceptors (Lipinski definition) is 6. The number of hydrogen-bond donors (Lipinski definition) is 3. The molecule has 160 valence electrons. The van der Waals surface area contributed by atoms with E-state index in [1.165, 1.54) is 36.4 Å². The molecule has 31 heavy (non-hydrogen) atoms. The molecule has 0 aliphatic carbocycles. The van der Waals surface area contributed by atoms with E-state index in [0.29, 0.717) is 22.3 Å². The molecule has 12 heteroatoms. The summed E-state index contributed by atoms with van der Waals surface area (Å²) >= 11 is 12.0. The van der Waals surface area contributed by atoms with E-state index in [1.54, 1.807) is 0 Å². The van der Waals surface area contributed by atoms with Crippen molar-refractivity contribution in [1.29, 1.82) is 0 Å². The molecule has 0 atom stereocenters. The van der Waals surface area contributed by atoms with Crippen LogP contribution in [0, 0.1) is 10.1 Å². The second kappa shape index (κ2) is 9.54. The lowest BCUT2D eigenvalue weighted by molar-refractivity contribution is -0.384. The van der Waals surface area contributed by atoms with Gasteiger partial charge in [0.15, 0.2) is 5.69 Å². The Morgan fingerprint density at radius 2 is 1.90 bits per heavy atom. The summed E-state index contributed by atoms with van der Waals surface area (Å²) in [5, 5.41) is 31.6. The minimum absolute atomic E-state index is 0.00860. The van der Waals surface area contributed by atoms with Crippen LogP contribution in [0.2, 0.25) is 10.0 Å². The van der Waals surface area contributed by atoms with Crippen LogP contribution in [0.1, 0.15) is 23.2 Å². The van der Waals surface area contributed by atoms with Gasteiger partial charge in [0, 0.05) is 41.1 Å². The molecule has 0 saturated heterocycles. The van der Waals surface area contributed by atoms with Gasteiger partial charge in [0.05, 0.1) is 15.5 Å². The molecule has 0 aliphatic heterocycles. The summed E-state index contributed by atoms with van der Waals surface area (Å²) in [6.07, 6.45) is 0.308. The minimum atomic E-state index is -0.554. The van der Waals surface area contributed by atoms with Gasteiger partial charge in [0.1, 0.15) is 0 Å². The molecule has 0 bridgehead atoms. The lowest BCUT2D eigenvalue weighted by Gasteiger charge is -2.04. The van der Waals surface area contributed by atoms with Crippen LogP contribution < -0.4 is 5.32 Å². The summed E-state index contributed by atoms with van der Waals surface area (Å²) < 4.78 is 0. The smallest absolute Gasteiger partial charge is 0.269 e. The Morgan fingerprint density at radius 1 is 1.19 bits per heavy atom. The molecule has 0 radical (unpaired) electrons. The van der Waals surface area contributed by atoms with Crippen molar-refractivity contribution in [1.82, 2.24) is 10.3 Å². The molecule has 0 fully saturated rings. The van der Waals surface area contributed by atoms with E-state index in [2.05, 4.69) is 20.5 Å². The number of azo groups is 1. The number of fused-ring (bicyclic) bond motifs is 1. The van der Waals surface area contributed by atoms with Crippen molar-refractivity contribution >= 4 is 57.3 Å². The topological polar surface area (TPSA) is 150 Å². The zero-order valence-corrected chi connectivity index (χ0v) is 17.3. The fourth-order valence-corrected chi connectivity index (χ4v) is 3.27. The number of aromatic amines is 1. The number of carbonyl (C=O) groups excluding carboxylic acids is 2. The molecule has 10 nitrogen and oxygen atoms in total. The molecule has 0 saturated carbocycles. The highest BCUT2D eigenvalue weighted by Gasteiger charge is 2.15. The van der Waals surface area contributed by atoms with Crippen molar-refractivity contribution in [2.24, 2.45) is 10.2 Å². The number of benzene rings is 2. The highest BCUT2D eigenvalue weighted by atomic mass is 35.5. The van der Waals surface area contributed by atoms with E-state index in [-0.39, 0.29) is 40.8 Å². The number of non-ortho nitro benzene ring substituents is 1. The number of rotatable bonds is 7. The van der Waals surface area contributed by atoms with Gasteiger partial charge in [-0.05, 0) is 30.7 Å². The van der Waals surface area contributed by atoms with Crippen LogP contribution in [0.5, 0.6) is 5.88 Å². The fourth-order valence-electron chi connectivity index (χ4n) is 2.73. The van der Waals surface area contributed by atoms with E-state index in [0.717, 1.165) is 0 Å². The molecular weight excluding hydrogens is 449 g/mol. The van der Waals surface area contributed by atoms with Gasteiger partial charge in [-0.15, -0.1) is 10.2 Å². The summed E-state index contributed by atoms with van der Waals surface area (Å²) in [5.41, 5.74) is 0.611. The Kier molecular flexibility index (Phi) is 6.83. The number of nitrogens with one attached hydrogen (secondary N) is 2. The zero-order chi connectivity index (χ0) is 22.5. The Hall–Kier alpha value is -3.50. The second-order valence-electron chi connectivity index (χ2n) is 6.39. The summed E-state index contributed by atoms with van der Waals surface area (Å²) in [7, 11) is 0. The second-order valence-corrected chi connectivity index (χ2v) is 7.23. The molecule has 3 aromatic rings. The number of nitro benzene ring substituents is 1. The van der Waals surface area contributed by atoms with Gasteiger partial charge in [0.25, 0.3) is 17.5 Å². The SMILES string of the molecule is O=C(CCCNC(=O)c1ccc([N+](=O)[O-])cc1)N=Nc1c(O)[nH]c2c(Cl)cc(Cl)cc12. The third kappa shape index (κ3) is 5.36. The third-order valence-corrected chi connectivity index (χ3v) is 4.75. The summed E-state index contributed by atoms with van der Waals surface area (Å²) in [6.45, 7) is 0.195. The number of aromatic hydroxyl groups is 1. The predicted molar refractivity (Wildman–Crippen MR) is 114 cm³/mol. The van der Waals surface area contributed by atoms with E-state index in [1.807, 2.05) is 0 Å². The lowest BCUT2D eigenvalue weighted by atomic mass is 10.2. The van der Waals surface area contributed by atoms with Crippen molar-refractivity contribution in [3.8, 4) is 5.88 Å². The number of aromatic nitrogens is 1. The third-order valence-electron chi connectivity index (χ3n) is 4.23. The monoisotopic (exact) mass is 463 g/mol. The van der Waals surface area contributed by atoms with Gasteiger partial charge >= 0.3 is 0 Å². The normalized spacial score (nSPS) is 11.2. The largest absolute Gasteiger partial charge is 0.493 e. The predicted octanol–water partition coefficient (Wildman–Crippen LogP) is 4.91. The van der Waals surface area contributed by atoms with Gasteiger partial charge < -0.3 is 15.4 Å². The first kappa shape index (κ1) is 22.2. The van der Waals surface area contributed by atoms with Crippen LogP contribution in [0.3, 0.4) is 0 Å². The molecule has 1 heterocycles. The van der Waals surface area contributed by atoms with Crippen molar-refractivity contribution in [2.45, 2.75) is 12.8 Å². The molecule has 3 rings (SSSR count). The molecule has 3 N–H and O–H groups in total. The van der Waals surface area contributed by atoms with E-state index in [4.69, 9.17) is 23.2 Å². The van der Waals surface area contributed by atoms with E-state index < -0.39 is 16.7 Å². The van der Waals surface area contributed by atoms with Gasteiger partial charge in [-0.25, -0.2) is 0 Å². The molecule has 0 unspecified atom stereocenters. The average Bonchev–Trinajstić information content (AvgIpc) is 3.05. The van der Waals surface area contributed by atoms with E-state index in [9.17, 15) is 24.8 Å². The van der Waals surface area contributed by atoms with Crippen LogP contribution in [-0.2, 0) is 4.79 Å². The minimum Gasteiger partial charge on any atom is -0.493 e. The quantitative estimate of drug-likeness (QED) is 0.197. The standard InChI is InChI=1S/C19H15Cl2N5O5/c20-11-8-13-16(14(21)9-11)23-19(29)17(13)25-24-15(27)2-1-7-22-18(28)10-3-5-12(6-4-10)26(30)31/h3-6,8-9,23,29H,1-2,7H2,(H,22,28). The van der Waals surface area contributed by atoms with Crippen LogP contribution >= 0.6 is 23.2 Å². The molecule has 0 aliphatic rings. The Balaban J connectivity index is 1.52. The Bertz CT molecular complexity index is 1190. The number of halogens is 2. The van der Waals surface area contributed by atoms with Crippen molar-refractivity contribution in [2.75, 3.05) is 6.54 Å². The van der Waals surface area contributed by atoms with Gasteiger partial charge in [-0.1, -0.05) is 23.2 Å². The van der Waals surface area contributed by atoms with Gasteiger partial charge in [-0.2, -0.15) is 0 Å². The zero-order valence-electron chi connectivity index (χ0n) is 15.8. The van der Waals surface area contributed by atoms with Crippen molar-refractivity contribution in [3.05, 3.63) is 62.1 Å². The van der Waals surface area contributed by atoms with Gasteiger partial charge in [-0.3, -0.25) is 19.7 Å². The van der Waals surface area contributed by atoms with E-state index >= 15 is 0 Å². The first-order chi connectivity index (χ1) is 14.8. The molecule has 1 aromatic heterocycles. The number of amides is 2. The highest BCUT2D eigenvalue weighted by molar-refractivity contribution is 6.38. The summed E-state index contributed by atoms with van der Waals surface area (Å²) in [5.74, 6) is -1.26. The maximum absolute atomic E-state index is 12.0. The maximum Gasteiger partial charge on any atom is 0.269 e. The molecule has 0 spiro atoms. The lowest BCUT2D eigenvalue weighted by Crippen LogP contribution is -2.24. The number of nitrogens with zero attached hydrogens (tertiary/aromatic N) is 3. The maximum atomic E-state index is 12.0. The van der Waals surface area contributed by atoms with Crippen LogP contribution in [0.4, 0.5) is 11.4 Å². The first-order valence-corrected chi connectivity index (χ1v) is 9.68. The first-order valence-electron chi connectivity index (χ1n) is 8.93. The van der Waals surface area contributed by atoms with Crippen LogP contribution in [0.25, 0.3) is 10.9 Å². The number of carbonyl (C=O) groups is 2. The Labute approximate surface area is 185 Å². The molecule has 2 amide bonds. The summed E-state index contributed by atoms with van der Waals surface area (Å²) in [4.78, 5) is 36.7. The average molecular weight is 464 g/mol. The highest BCUT2D eigenvalue weighted by Crippen LogP contribution is 2.40. The van der Waals surface area contributed by atoms with Crippen LogP contribution in [-0.4, -0.2) is 33.4 Å². The fraction of sp³-hybridized carbons (Fsp3) is 0.158. The van der Waals surface area contributed by atoms with Crippen LogP contribution in [0.15, 0.2) is 46.6 Å². The Morgan fingerprint density at radius 3 is 2.58 bits per heavy atom. The van der Waals surface area contributed by atoms with Crippen molar-refractivity contribution < 1.29 is 19.6 Å². The number of H-pyrrole nitrogens is 1. The molecular formula is C19H15Cl2N5O5. The molecule has 2 aromatic carbocycles. The van der Waals surface area contributed by atoms with Gasteiger partial charge in [0.2, 0.25) is 5.88 Å². The number of nitro groups is 1. The summed E-state index contributed by atoms with van der Waals surface area (Å²) in [6, 6.07) is 8.20. The van der Waals surface area contributed by atoms with Crippen molar-refractivity contribution in [3.63, 3.8) is 0 Å².